The molecular formula is C59H75N11O4. The topological polar surface area (TPSA) is 159 Å². The summed E-state index contributed by atoms with van der Waals surface area (Å²) in [6.07, 6.45) is 17.6. The average molecular weight is 1000 g/mol. The zero-order chi connectivity index (χ0) is 51.4. The number of hydrogen-bond donors (Lipinski definition) is 4. The molecule has 0 amide bonds. The third kappa shape index (κ3) is 18.8. The van der Waals surface area contributed by atoms with Crippen LogP contribution in [0.25, 0.3) is 21.8 Å². The molecule has 15 nitrogen and oxygen atoms in total. The Balaban J connectivity index is 0.692. The molecule has 7 aromatic rings. The number of unbranched alkanes of at least 4 members (excludes halogenated alkanes) is 10. The SMILES string of the molecule is COc1cc(CNCCn2cc(CNCCCCCCCC#Cc3ccc4nc5ccc(C#CCCCCCCCNCc6cn(CCNCc7cc(OC)cc(OC)c7)nn6)cc5cc4c3)nn2)cc(OC)c1. The monoisotopic (exact) mass is 1000 g/mol. The summed E-state index contributed by atoms with van der Waals surface area (Å²) in [7, 11) is 6.65. The highest BCUT2D eigenvalue weighted by molar-refractivity contribution is 5.93. The van der Waals surface area contributed by atoms with Crippen molar-refractivity contribution in [1.29, 1.82) is 0 Å². The lowest BCUT2D eigenvalue weighted by Gasteiger charge is -2.09. The van der Waals surface area contributed by atoms with Crippen LogP contribution in [0.3, 0.4) is 0 Å². The fourth-order valence-corrected chi connectivity index (χ4v) is 8.59. The molecule has 0 unspecified atom stereocenters. The Bertz CT molecular complexity index is 2690. The minimum Gasteiger partial charge on any atom is -0.497 e. The molecule has 15 heteroatoms. The molecule has 0 aliphatic heterocycles. The van der Waals surface area contributed by atoms with Crippen molar-refractivity contribution in [2.24, 2.45) is 0 Å². The first-order valence-corrected chi connectivity index (χ1v) is 26.3. The molecule has 7 rings (SSSR count). The van der Waals surface area contributed by atoms with E-state index in [2.05, 4.69) is 108 Å². The minimum absolute atomic E-state index is 0.718. The zero-order valence-electron chi connectivity index (χ0n) is 44.0. The van der Waals surface area contributed by atoms with E-state index in [0.29, 0.717) is 0 Å². The Morgan fingerprint density at radius 1 is 0.432 bits per heavy atom. The van der Waals surface area contributed by atoms with Gasteiger partial charge in [-0.2, -0.15) is 0 Å². The summed E-state index contributed by atoms with van der Waals surface area (Å²) in [4.78, 5) is 4.93. The van der Waals surface area contributed by atoms with Crippen LogP contribution < -0.4 is 40.2 Å². The molecule has 0 bridgehead atoms. The van der Waals surface area contributed by atoms with Gasteiger partial charge in [-0.1, -0.05) is 72.6 Å². The first-order chi connectivity index (χ1) is 36.5. The second-order valence-corrected chi connectivity index (χ2v) is 18.5. The van der Waals surface area contributed by atoms with E-state index in [4.69, 9.17) is 23.9 Å². The van der Waals surface area contributed by atoms with Gasteiger partial charge in [0.05, 0.1) is 63.9 Å². The fourth-order valence-electron chi connectivity index (χ4n) is 8.59. The second kappa shape index (κ2) is 30.9. The predicted molar refractivity (Wildman–Crippen MR) is 294 cm³/mol. The van der Waals surface area contributed by atoms with Crippen molar-refractivity contribution >= 4 is 21.8 Å². The summed E-state index contributed by atoms with van der Waals surface area (Å²) in [6, 6.07) is 26.7. The van der Waals surface area contributed by atoms with E-state index in [1.54, 1.807) is 28.4 Å². The highest BCUT2D eigenvalue weighted by Crippen LogP contribution is 2.25. The number of benzene rings is 4. The summed E-state index contributed by atoms with van der Waals surface area (Å²) >= 11 is 0. The fraction of sp³-hybridized carbons (Fsp3) is 0.441. The molecule has 0 saturated heterocycles. The van der Waals surface area contributed by atoms with Gasteiger partial charge in [0.25, 0.3) is 0 Å². The molecular weight excluding hydrogens is 927 g/mol. The van der Waals surface area contributed by atoms with Gasteiger partial charge in [-0.25, -0.2) is 4.98 Å². The van der Waals surface area contributed by atoms with Crippen LogP contribution in [0.4, 0.5) is 0 Å². The third-order valence-electron chi connectivity index (χ3n) is 12.7. The van der Waals surface area contributed by atoms with Crippen molar-refractivity contribution in [1.82, 2.24) is 56.2 Å². The van der Waals surface area contributed by atoms with Crippen LogP contribution in [0.5, 0.6) is 23.0 Å². The molecule has 0 atom stereocenters. The van der Waals surface area contributed by atoms with Gasteiger partial charge < -0.3 is 40.2 Å². The number of nitrogens with zero attached hydrogens (tertiary/aromatic N) is 7. The summed E-state index contributed by atoms with van der Waals surface area (Å²) in [5.41, 5.74) is 8.17. The first kappa shape index (κ1) is 54.8. The van der Waals surface area contributed by atoms with Crippen molar-refractivity contribution in [2.75, 3.05) is 54.6 Å². The highest BCUT2D eigenvalue weighted by Gasteiger charge is 2.07. The molecule has 3 aromatic heterocycles. The Morgan fingerprint density at radius 3 is 1.27 bits per heavy atom. The molecule has 0 radical (unpaired) electrons. The van der Waals surface area contributed by atoms with E-state index in [1.807, 2.05) is 58.2 Å². The van der Waals surface area contributed by atoms with Crippen molar-refractivity contribution in [3.05, 3.63) is 125 Å². The molecule has 3 heterocycles. The highest BCUT2D eigenvalue weighted by atomic mass is 16.5. The van der Waals surface area contributed by atoms with Crippen molar-refractivity contribution in [3.8, 4) is 46.7 Å². The number of fused-ring (bicyclic) bond motifs is 2. The Labute approximate surface area is 437 Å². The quantitative estimate of drug-likeness (QED) is 0.0180. The maximum atomic E-state index is 5.37. The summed E-state index contributed by atoms with van der Waals surface area (Å²) in [5.74, 6) is 16.7. The van der Waals surface area contributed by atoms with Gasteiger partial charge >= 0.3 is 0 Å². The zero-order valence-corrected chi connectivity index (χ0v) is 44.0. The number of aromatic nitrogens is 7. The normalized spacial score (nSPS) is 11.1. The molecule has 390 valence electrons. The largest absolute Gasteiger partial charge is 0.497 e. The molecule has 0 spiro atoms. The van der Waals surface area contributed by atoms with Gasteiger partial charge in [0.2, 0.25) is 0 Å². The Kier molecular flexibility index (Phi) is 22.9. The van der Waals surface area contributed by atoms with Gasteiger partial charge in [-0.3, -0.25) is 9.36 Å². The number of pyridine rings is 1. The van der Waals surface area contributed by atoms with E-state index >= 15 is 0 Å². The number of hydrogen-bond acceptors (Lipinski definition) is 13. The number of rotatable bonds is 32. The van der Waals surface area contributed by atoms with Crippen LogP contribution in [0.15, 0.2) is 91.3 Å². The molecule has 0 aliphatic carbocycles. The van der Waals surface area contributed by atoms with Gasteiger partial charge in [0.1, 0.15) is 23.0 Å². The van der Waals surface area contributed by atoms with Crippen molar-refractivity contribution in [3.63, 3.8) is 0 Å². The summed E-state index contributed by atoms with van der Waals surface area (Å²) < 4.78 is 25.3. The van der Waals surface area contributed by atoms with Crippen molar-refractivity contribution in [2.45, 2.75) is 116 Å². The van der Waals surface area contributed by atoms with E-state index in [9.17, 15) is 0 Å². The van der Waals surface area contributed by atoms with Crippen LogP contribution in [-0.4, -0.2) is 89.6 Å². The smallest absolute Gasteiger partial charge is 0.122 e. The molecule has 4 aromatic carbocycles. The maximum absolute atomic E-state index is 5.37. The van der Waals surface area contributed by atoms with Crippen LogP contribution in [0.1, 0.15) is 111 Å². The maximum Gasteiger partial charge on any atom is 0.122 e. The lowest BCUT2D eigenvalue weighted by atomic mass is 10.1. The van der Waals surface area contributed by atoms with Crippen LogP contribution >= 0.6 is 0 Å². The van der Waals surface area contributed by atoms with E-state index in [0.717, 1.165) is 182 Å². The minimum atomic E-state index is 0.718. The summed E-state index contributed by atoms with van der Waals surface area (Å²) in [6.45, 7) is 7.90. The molecule has 74 heavy (non-hydrogen) atoms. The molecule has 4 N–H and O–H groups in total. The number of nitrogens with one attached hydrogen (secondary N) is 4. The van der Waals surface area contributed by atoms with Gasteiger partial charge in [-0.05, 0) is 117 Å². The van der Waals surface area contributed by atoms with Crippen LogP contribution in [-0.2, 0) is 39.3 Å². The van der Waals surface area contributed by atoms with E-state index < -0.39 is 0 Å². The number of ether oxygens (including phenoxy) is 4. The summed E-state index contributed by atoms with van der Waals surface area (Å²) in [5, 5.41) is 33.4. The molecule has 0 saturated carbocycles. The average Bonchev–Trinajstić information content (AvgIpc) is 4.10. The van der Waals surface area contributed by atoms with Crippen LogP contribution in [0, 0.1) is 23.7 Å². The van der Waals surface area contributed by atoms with Gasteiger partial charge in [0.15, 0.2) is 0 Å². The lowest BCUT2D eigenvalue weighted by Crippen LogP contribution is -2.20. The predicted octanol–water partition coefficient (Wildman–Crippen LogP) is 9.15. The standard InChI is InChI=1S/C59H75N11O4/c1-71-54-33-48(34-55(38-54)72-2)40-62-27-29-69-44-52(65-67-69)42-60-25-17-13-9-5-7-11-15-19-46-21-23-58-50(31-46)37-51-32-47(22-24-59(51)64-58)20-16-12-8-6-10-14-18-26-61-43-53-45-70(68-66-53)30-28-63-41-49-35-56(73-3)39-57(36-49)74-4/h21-24,31-39,44-45,60-63H,5-14,17-18,25-30,40-43H2,1-4H3. The van der Waals surface area contributed by atoms with E-state index in [-0.39, 0.29) is 0 Å². The van der Waals surface area contributed by atoms with E-state index in [1.165, 1.54) is 38.5 Å². The van der Waals surface area contributed by atoms with Crippen LogP contribution in [0.2, 0.25) is 0 Å². The lowest BCUT2D eigenvalue weighted by molar-refractivity contribution is 0.392. The van der Waals surface area contributed by atoms with Gasteiger partial charge in [-0.15, -0.1) is 10.2 Å². The third-order valence-corrected chi connectivity index (χ3v) is 12.7. The number of methoxy groups -OCH3 is 4. The molecule has 0 aliphatic rings. The molecule has 0 fully saturated rings. The Hall–Kier alpha value is -7.01. The van der Waals surface area contributed by atoms with Crippen molar-refractivity contribution < 1.29 is 18.9 Å². The first-order valence-electron chi connectivity index (χ1n) is 26.3. The van der Waals surface area contributed by atoms with Gasteiger partial charge in [0, 0.05) is 98.5 Å². The second-order valence-electron chi connectivity index (χ2n) is 18.5. The Morgan fingerprint density at radius 2 is 0.838 bits per heavy atom.